The van der Waals surface area contributed by atoms with Crippen molar-refractivity contribution >= 4 is 39.7 Å². The maximum absolute atomic E-state index is 13.6. The number of nitrogens with zero attached hydrogens (tertiary/aromatic N) is 2. The molecule has 0 aliphatic carbocycles. The Morgan fingerprint density at radius 1 is 1.18 bits per heavy atom. The lowest BCUT2D eigenvalue weighted by Gasteiger charge is -2.30. The molecule has 5 rings (SSSR count). The summed E-state index contributed by atoms with van der Waals surface area (Å²) >= 11 is 11.6. The molecule has 2 aliphatic rings. The number of ether oxygens (including phenoxy) is 2. The van der Waals surface area contributed by atoms with Gasteiger partial charge in [-0.15, -0.1) is 0 Å². The molecule has 1 unspecified atom stereocenters. The standard InChI is InChI=1S/C25H26ClN3O4S/c26-18-3-1-16(2-4-18)11-27-25(34)21-14-29-13-19(15-30)33-22-10-17(9-20(23(22)29)24(21)31)12-28-5-7-32-8-6-28/h1-4,9-10,14,19,30H,5-8,11-13,15H2,(H,27,34). The zero-order chi connectivity index (χ0) is 23.7. The topological polar surface area (TPSA) is 76.0 Å². The van der Waals surface area contributed by atoms with Gasteiger partial charge in [-0.05, 0) is 35.4 Å². The van der Waals surface area contributed by atoms with Gasteiger partial charge in [0.15, 0.2) is 5.43 Å². The van der Waals surface area contributed by atoms with Crippen LogP contribution in [0, 0.1) is 0 Å². The first-order valence-electron chi connectivity index (χ1n) is 11.3. The van der Waals surface area contributed by atoms with Crippen molar-refractivity contribution in [1.29, 1.82) is 0 Å². The molecule has 0 saturated carbocycles. The summed E-state index contributed by atoms with van der Waals surface area (Å²) in [7, 11) is 0. The summed E-state index contributed by atoms with van der Waals surface area (Å²) in [5.41, 5.74) is 3.05. The van der Waals surface area contributed by atoms with E-state index in [0.29, 0.717) is 59.6 Å². The maximum Gasteiger partial charge on any atom is 0.199 e. The summed E-state index contributed by atoms with van der Waals surface area (Å²) < 4.78 is 13.5. The molecule has 2 aliphatic heterocycles. The number of aliphatic hydroxyl groups is 1. The van der Waals surface area contributed by atoms with Crippen LogP contribution in [0.3, 0.4) is 0 Å². The number of benzene rings is 2. The highest BCUT2D eigenvalue weighted by molar-refractivity contribution is 7.80. The van der Waals surface area contributed by atoms with Crippen molar-refractivity contribution in [2.75, 3.05) is 32.9 Å². The molecule has 2 N–H and O–H groups in total. The first-order valence-corrected chi connectivity index (χ1v) is 12.1. The molecule has 34 heavy (non-hydrogen) atoms. The quantitative estimate of drug-likeness (QED) is 0.505. The van der Waals surface area contributed by atoms with E-state index < -0.39 is 0 Å². The fraction of sp³-hybridized carbons (Fsp3) is 0.360. The van der Waals surface area contributed by atoms with Crippen molar-refractivity contribution in [3.05, 3.63) is 74.5 Å². The van der Waals surface area contributed by atoms with Gasteiger partial charge in [0.2, 0.25) is 0 Å². The second kappa shape index (κ2) is 10.0. The van der Waals surface area contributed by atoms with Crippen molar-refractivity contribution in [3.8, 4) is 5.75 Å². The van der Waals surface area contributed by atoms with Crippen LogP contribution in [0.5, 0.6) is 5.75 Å². The molecule has 0 radical (unpaired) electrons. The second-order valence-electron chi connectivity index (χ2n) is 8.63. The molecule has 1 atom stereocenters. The number of morpholine rings is 1. The van der Waals surface area contributed by atoms with Crippen LogP contribution in [0.4, 0.5) is 0 Å². The lowest BCUT2D eigenvalue weighted by molar-refractivity contribution is 0.0341. The Morgan fingerprint density at radius 2 is 1.94 bits per heavy atom. The normalized spacial score (nSPS) is 18.0. The minimum Gasteiger partial charge on any atom is -0.484 e. The zero-order valence-corrected chi connectivity index (χ0v) is 20.2. The van der Waals surface area contributed by atoms with E-state index in [2.05, 4.69) is 10.2 Å². The van der Waals surface area contributed by atoms with Crippen molar-refractivity contribution in [2.24, 2.45) is 0 Å². The van der Waals surface area contributed by atoms with Crippen LogP contribution in [0.15, 0.2) is 47.4 Å². The Labute approximate surface area is 207 Å². The minimum absolute atomic E-state index is 0.116. The highest BCUT2D eigenvalue weighted by Gasteiger charge is 2.25. The molecule has 9 heteroatoms. The summed E-state index contributed by atoms with van der Waals surface area (Å²) in [4.78, 5) is 16.3. The Morgan fingerprint density at radius 3 is 2.68 bits per heavy atom. The first kappa shape index (κ1) is 23.3. The number of thiocarbonyl (C=S) groups is 1. The van der Waals surface area contributed by atoms with E-state index in [0.717, 1.165) is 29.7 Å². The van der Waals surface area contributed by atoms with Crippen LogP contribution in [0.1, 0.15) is 16.7 Å². The monoisotopic (exact) mass is 499 g/mol. The lowest BCUT2D eigenvalue weighted by Crippen LogP contribution is -2.36. The lowest BCUT2D eigenvalue weighted by atomic mass is 10.0. The molecule has 1 fully saturated rings. The van der Waals surface area contributed by atoms with Crippen molar-refractivity contribution in [3.63, 3.8) is 0 Å². The van der Waals surface area contributed by atoms with Gasteiger partial charge < -0.3 is 24.5 Å². The summed E-state index contributed by atoms with van der Waals surface area (Å²) in [6, 6.07) is 11.4. The molecule has 2 aromatic carbocycles. The SMILES string of the molecule is O=c1c(C(=S)NCc2ccc(Cl)cc2)cn2c3c(cc(CN4CCOCC4)cc13)OC(CO)C2. The fourth-order valence-electron chi connectivity index (χ4n) is 4.47. The molecule has 0 amide bonds. The number of pyridine rings is 1. The molecule has 178 valence electrons. The molecule has 3 aromatic rings. The van der Waals surface area contributed by atoms with Gasteiger partial charge in [0.05, 0.1) is 42.8 Å². The summed E-state index contributed by atoms with van der Waals surface area (Å²) in [5, 5.41) is 14.2. The predicted octanol–water partition coefficient (Wildman–Crippen LogP) is 2.71. The number of nitrogens with one attached hydrogen (secondary N) is 1. The molecule has 1 saturated heterocycles. The van der Waals surface area contributed by atoms with E-state index in [1.165, 1.54) is 0 Å². The van der Waals surface area contributed by atoms with Gasteiger partial charge in [0.1, 0.15) is 16.8 Å². The maximum atomic E-state index is 13.6. The van der Waals surface area contributed by atoms with Crippen molar-refractivity contribution in [2.45, 2.75) is 25.7 Å². The third kappa shape index (κ3) is 4.82. The number of hydrogen-bond donors (Lipinski definition) is 2. The number of hydrogen-bond acceptors (Lipinski definition) is 6. The fourth-order valence-corrected chi connectivity index (χ4v) is 4.82. The van der Waals surface area contributed by atoms with E-state index >= 15 is 0 Å². The van der Waals surface area contributed by atoms with Crippen LogP contribution < -0.4 is 15.5 Å². The smallest absolute Gasteiger partial charge is 0.199 e. The van der Waals surface area contributed by atoms with Crippen molar-refractivity contribution in [1.82, 2.24) is 14.8 Å². The number of rotatable bonds is 6. The van der Waals surface area contributed by atoms with Gasteiger partial charge in [0, 0.05) is 37.4 Å². The van der Waals surface area contributed by atoms with Crippen LogP contribution in [-0.2, 0) is 24.4 Å². The van der Waals surface area contributed by atoms with Crippen LogP contribution in [0.2, 0.25) is 5.02 Å². The predicted molar refractivity (Wildman–Crippen MR) is 136 cm³/mol. The second-order valence-corrected chi connectivity index (χ2v) is 9.48. The summed E-state index contributed by atoms with van der Waals surface area (Å²) in [6.45, 7) is 4.60. The van der Waals surface area contributed by atoms with Gasteiger partial charge in [0.25, 0.3) is 0 Å². The average Bonchev–Trinajstić information content (AvgIpc) is 2.85. The van der Waals surface area contributed by atoms with E-state index in [1.54, 1.807) is 6.20 Å². The third-order valence-electron chi connectivity index (χ3n) is 6.21. The molecule has 0 bridgehead atoms. The summed E-state index contributed by atoms with van der Waals surface area (Å²) in [6.07, 6.45) is 1.39. The molecule has 7 nitrogen and oxygen atoms in total. The first-order chi connectivity index (χ1) is 16.5. The Balaban J connectivity index is 1.50. The highest BCUT2D eigenvalue weighted by atomic mass is 35.5. The summed E-state index contributed by atoms with van der Waals surface area (Å²) in [5.74, 6) is 0.620. The van der Waals surface area contributed by atoms with Gasteiger partial charge in [-0.25, -0.2) is 0 Å². The van der Waals surface area contributed by atoms with Gasteiger partial charge in [-0.3, -0.25) is 9.69 Å². The number of aliphatic hydroxyl groups excluding tert-OH is 1. The van der Waals surface area contributed by atoms with Gasteiger partial charge in [-0.1, -0.05) is 36.0 Å². The molecular weight excluding hydrogens is 474 g/mol. The molecule has 1 aromatic heterocycles. The third-order valence-corrected chi connectivity index (χ3v) is 6.83. The van der Waals surface area contributed by atoms with Crippen LogP contribution in [0.25, 0.3) is 10.9 Å². The van der Waals surface area contributed by atoms with Gasteiger partial charge >= 0.3 is 0 Å². The zero-order valence-electron chi connectivity index (χ0n) is 18.6. The Hall–Kier alpha value is -2.49. The number of halogens is 1. The Bertz CT molecular complexity index is 1270. The van der Waals surface area contributed by atoms with Gasteiger partial charge in [-0.2, -0.15) is 0 Å². The van der Waals surface area contributed by atoms with Crippen LogP contribution >= 0.6 is 23.8 Å². The molecule has 0 spiro atoms. The van der Waals surface area contributed by atoms with E-state index in [1.807, 2.05) is 41.0 Å². The van der Waals surface area contributed by atoms with E-state index in [-0.39, 0.29) is 18.1 Å². The van der Waals surface area contributed by atoms with E-state index in [9.17, 15) is 9.90 Å². The minimum atomic E-state index is -0.389. The largest absolute Gasteiger partial charge is 0.484 e. The average molecular weight is 500 g/mol. The van der Waals surface area contributed by atoms with E-state index in [4.69, 9.17) is 33.3 Å². The number of aromatic nitrogens is 1. The molecule has 3 heterocycles. The van der Waals surface area contributed by atoms with Crippen LogP contribution in [-0.4, -0.2) is 58.6 Å². The van der Waals surface area contributed by atoms with Crippen molar-refractivity contribution < 1.29 is 14.6 Å². The molecular formula is C25H26ClN3O4S. The Kier molecular flexibility index (Phi) is 6.85. The highest BCUT2D eigenvalue weighted by Crippen LogP contribution is 2.32.